The van der Waals surface area contributed by atoms with Gasteiger partial charge in [-0.1, -0.05) is 34.6 Å². The molecule has 0 saturated heterocycles. The van der Waals surface area contributed by atoms with Crippen molar-refractivity contribution < 1.29 is 4.79 Å². The SMILES string of the molecule is CC(C)C(=O)C(N)CC(C)(C)C1(C)CC1. The number of hydrogen-bond donors (Lipinski definition) is 1. The first-order chi connectivity index (χ1) is 6.69. The van der Waals surface area contributed by atoms with Crippen LogP contribution in [-0.2, 0) is 4.79 Å². The van der Waals surface area contributed by atoms with Crippen molar-refractivity contribution in [3.8, 4) is 0 Å². The van der Waals surface area contributed by atoms with Crippen molar-refractivity contribution in [1.82, 2.24) is 0 Å². The summed E-state index contributed by atoms with van der Waals surface area (Å²) in [6, 6.07) is -0.280. The van der Waals surface area contributed by atoms with E-state index in [1.807, 2.05) is 13.8 Å². The minimum Gasteiger partial charge on any atom is -0.321 e. The van der Waals surface area contributed by atoms with E-state index >= 15 is 0 Å². The van der Waals surface area contributed by atoms with Gasteiger partial charge in [0, 0.05) is 5.92 Å². The molecule has 1 rings (SSSR count). The van der Waals surface area contributed by atoms with E-state index in [1.54, 1.807) is 0 Å². The number of Topliss-reactive ketones (excluding diaryl/α,β-unsaturated/α-hetero) is 1. The van der Waals surface area contributed by atoms with Crippen LogP contribution in [0.4, 0.5) is 0 Å². The van der Waals surface area contributed by atoms with Crippen LogP contribution in [0.2, 0.25) is 0 Å². The summed E-state index contributed by atoms with van der Waals surface area (Å²) < 4.78 is 0. The lowest BCUT2D eigenvalue weighted by molar-refractivity contribution is -0.124. The minimum atomic E-state index is -0.280. The molecule has 1 fully saturated rings. The Labute approximate surface area is 93.6 Å². The van der Waals surface area contributed by atoms with Gasteiger partial charge in [0.2, 0.25) is 0 Å². The molecular formula is C13H25NO. The molecule has 2 heteroatoms. The quantitative estimate of drug-likeness (QED) is 0.760. The minimum absolute atomic E-state index is 0.0582. The highest BCUT2D eigenvalue weighted by Crippen LogP contribution is 2.59. The summed E-state index contributed by atoms with van der Waals surface area (Å²) in [6.45, 7) is 10.6. The summed E-state index contributed by atoms with van der Waals surface area (Å²) in [5, 5.41) is 0. The van der Waals surface area contributed by atoms with Crippen LogP contribution < -0.4 is 5.73 Å². The molecule has 0 aromatic carbocycles. The highest BCUT2D eigenvalue weighted by atomic mass is 16.1. The van der Waals surface area contributed by atoms with Gasteiger partial charge in [0.15, 0.2) is 5.78 Å². The lowest BCUT2D eigenvalue weighted by Crippen LogP contribution is -2.40. The molecular weight excluding hydrogens is 186 g/mol. The maximum atomic E-state index is 11.7. The Hall–Kier alpha value is -0.370. The van der Waals surface area contributed by atoms with Gasteiger partial charge in [0.05, 0.1) is 6.04 Å². The first kappa shape index (κ1) is 12.7. The smallest absolute Gasteiger partial charge is 0.152 e. The van der Waals surface area contributed by atoms with E-state index in [4.69, 9.17) is 5.73 Å². The molecule has 1 unspecified atom stereocenters. The van der Waals surface area contributed by atoms with Crippen LogP contribution in [0.3, 0.4) is 0 Å². The van der Waals surface area contributed by atoms with E-state index in [9.17, 15) is 4.79 Å². The maximum Gasteiger partial charge on any atom is 0.152 e. The summed E-state index contributed by atoms with van der Waals surface area (Å²) in [5.41, 5.74) is 6.59. The van der Waals surface area contributed by atoms with Gasteiger partial charge in [-0.2, -0.15) is 0 Å². The topological polar surface area (TPSA) is 43.1 Å². The Morgan fingerprint density at radius 2 is 1.87 bits per heavy atom. The summed E-state index contributed by atoms with van der Waals surface area (Å²) in [7, 11) is 0. The monoisotopic (exact) mass is 211 g/mol. The second kappa shape index (κ2) is 3.89. The molecule has 88 valence electrons. The van der Waals surface area contributed by atoms with Gasteiger partial charge in [0.25, 0.3) is 0 Å². The highest BCUT2D eigenvalue weighted by Gasteiger charge is 2.50. The Morgan fingerprint density at radius 3 is 2.20 bits per heavy atom. The molecule has 1 aliphatic rings. The van der Waals surface area contributed by atoms with Crippen molar-refractivity contribution in [2.75, 3.05) is 0 Å². The van der Waals surface area contributed by atoms with Crippen molar-refractivity contribution in [2.24, 2.45) is 22.5 Å². The molecule has 1 atom stereocenters. The van der Waals surface area contributed by atoms with Gasteiger partial charge in [-0.25, -0.2) is 0 Å². The van der Waals surface area contributed by atoms with Crippen molar-refractivity contribution in [3.63, 3.8) is 0 Å². The molecule has 2 N–H and O–H groups in total. The van der Waals surface area contributed by atoms with Crippen molar-refractivity contribution in [2.45, 2.75) is 59.9 Å². The highest BCUT2D eigenvalue weighted by molar-refractivity contribution is 5.85. The van der Waals surface area contributed by atoms with E-state index in [0.717, 1.165) is 6.42 Å². The number of hydrogen-bond acceptors (Lipinski definition) is 2. The number of nitrogens with two attached hydrogens (primary N) is 1. The second-order valence-electron chi connectivity index (χ2n) is 6.31. The molecule has 2 nitrogen and oxygen atoms in total. The van der Waals surface area contributed by atoms with E-state index < -0.39 is 0 Å². The number of carbonyl (C=O) groups is 1. The average molecular weight is 211 g/mol. The summed E-state index contributed by atoms with van der Waals surface area (Å²) in [5.74, 6) is 0.259. The van der Waals surface area contributed by atoms with Crippen molar-refractivity contribution >= 4 is 5.78 Å². The number of ketones is 1. The van der Waals surface area contributed by atoms with Crippen LogP contribution in [0.25, 0.3) is 0 Å². The second-order valence-corrected chi connectivity index (χ2v) is 6.31. The Balaban J connectivity index is 2.57. The van der Waals surface area contributed by atoms with Crippen LogP contribution in [0.1, 0.15) is 53.9 Å². The molecule has 0 aliphatic heterocycles. The standard InChI is InChI=1S/C13H25NO/c1-9(2)11(15)10(14)8-12(3,4)13(5)6-7-13/h9-10H,6-8,14H2,1-5H3. The van der Waals surface area contributed by atoms with E-state index in [-0.39, 0.29) is 23.2 Å². The maximum absolute atomic E-state index is 11.7. The van der Waals surface area contributed by atoms with Crippen molar-refractivity contribution in [3.05, 3.63) is 0 Å². The van der Waals surface area contributed by atoms with Crippen LogP contribution in [0.15, 0.2) is 0 Å². The molecule has 0 amide bonds. The number of rotatable bonds is 5. The van der Waals surface area contributed by atoms with Gasteiger partial charge in [-0.3, -0.25) is 4.79 Å². The fourth-order valence-electron chi connectivity index (χ4n) is 2.19. The first-order valence-corrected chi connectivity index (χ1v) is 5.99. The predicted octanol–water partition coefficient (Wildman–Crippen LogP) is 2.76. The summed E-state index contributed by atoms with van der Waals surface area (Å²) in [4.78, 5) is 11.7. The van der Waals surface area contributed by atoms with Gasteiger partial charge in [0.1, 0.15) is 0 Å². The van der Waals surface area contributed by atoms with E-state index in [1.165, 1.54) is 12.8 Å². The predicted molar refractivity (Wildman–Crippen MR) is 63.6 cm³/mol. The molecule has 0 bridgehead atoms. The summed E-state index contributed by atoms with van der Waals surface area (Å²) >= 11 is 0. The van der Waals surface area contributed by atoms with Gasteiger partial charge >= 0.3 is 0 Å². The molecule has 0 radical (unpaired) electrons. The third kappa shape index (κ3) is 2.60. The third-order valence-corrected chi connectivity index (χ3v) is 4.30. The molecule has 1 aliphatic carbocycles. The normalized spacial score (nSPS) is 21.5. The molecule has 15 heavy (non-hydrogen) atoms. The zero-order valence-electron chi connectivity index (χ0n) is 10.8. The van der Waals surface area contributed by atoms with Gasteiger partial charge < -0.3 is 5.73 Å². The van der Waals surface area contributed by atoms with E-state index in [2.05, 4.69) is 20.8 Å². The molecule has 0 heterocycles. The lowest BCUT2D eigenvalue weighted by atomic mass is 9.71. The van der Waals surface area contributed by atoms with Crippen molar-refractivity contribution in [1.29, 1.82) is 0 Å². The van der Waals surface area contributed by atoms with E-state index in [0.29, 0.717) is 5.41 Å². The molecule has 0 aromatic heterocycles. The Morgan fingerprint density at radius 1 is 1.40 bits per heavy atom. The fraction of sp³-hybridized carbons (Fsp3) is 0.923. The van der Waals surface area contributed by atoms with Crippen LogP contribution >= 0.6 is 0 Å². The zero-order chi connectivity index (χ0) is 11.9. The largest absolute Gasteiger partial charge is 0.321 e. The average Bonchev–Trinajstić information content (AvgIpc) is 2.82. The van der Waals surface area contributed by atoms with Crippen LogP contribution in [0.5, 0.6) is 0 Å². The molecule has 0 aromatic rings. The molecule has 0 spiro atoms. The lowest BCUT2D eigenvalue weighted by Gasteiger charge is -2.34. The zero-order valence-corrected chi connectivity index (χ0v) is 10.8. The first-order valence-electron chi connectivity index (χ1n) is 5.99. The number of carbonyl (C=O) groups excluding carboxylic acids is 1. The molecule has 1 saturated carbocycles. The van der Waals surface area contributed by atoms with Crippen LogP contribution in [-0.4, -0.2) is 11.8 Å². The Bertz CT molecular complexity index is 251. The Kier molecular flexibility index (Phi) is 3.30. The van der Waals surface area contributed by atoms with Gasteiger partial charge in [-0.05, 0) is 30.1 Å². The third-order valence-electron chi connectivity index (χ3n) is 4.30. The fourth-order valence-corrected chi connectivity index (χ4v) is 2.19. The summed E-state index contributed by atoms with van der Waals surface area (Å²) in [6.07, 6.45) is 3.38. The van der Waals surface area contributed by atoms with Crippen LogP contribution in [0, 0.1) is 16.7 Å². The van der Waals surface area contributed by atoms with Gasteiger partial charge in [-0.15, -0.1) is 0 Å².